The van der Waals surface area contributed by atoms with Crippen LogP contribution < -0.4 is 19.1 Å². The van der Waals surface area contributed by atoms with Gasteiger partial charge in [0.2, 0.25) is 0 Å². The Labute approximate surface area is 216 Å². The molecule has 1 aliphatic rings. The van der Waals surface area contributed by atoms with E-state index in [2.05, 4.69) is 81.9 Å². The number of rotatable bonds is 10. The third kappa shape index (κ3) is 6.33. The zero-order valence-electron chi connectivity index (χ0n) is 22.6. The fourth-order valence-corrected chi connectivity index (χ4v) is 4.27. The molecule has 0 aliphatic carbocycles. The maximum Gasteiger partial charge on any atom is 0.199 e. The predicted octanol–water partition coefficient (Wildman–Crippen LogP) is 7.41. The molecule has 4 rings (SSSR count). The summed E-state index contributed by atoms with van der Waals surface area (Å²) < 4.78 is 18.7. The number of hydrogen-bond acceptors (Lipinski definition) is 5. The third-order valence-electron chi connectivity index (χ3n) is 6.42. The standard InChI is InChI=1S/C31H40N2O3/c1-7-8-18-33-28-22-26(34-20-19-32(5)6)16-17-29(28)36-30(33)23-10-9-11-27(21-23)35-25-14-12-24(13-15-25)31(2,3)4/h9-17,21-22,30H,7-8,18-20H2,1-6H3. The lowest BCUT2D eigenvalue weighted by molar-refractivity contribution is 0.227. The summed E-state index contributed by atoms with van der Waals surface area (Å²) in [5.41, 5.74) is 3.56. The minimum absolute atomic E-state index is 0.118. The van der Waals surface area contributed by atoms with Gasteiger partial charge in [-0.05, 0) is 67.9 Å². The highest BCUT2D eigenvalue weighted by molar-refractivity contribution is 5.66. The van der Waals surface area contributed by atoms with Gasteiger partial charge < -0.3 is 24.0 Å². The van der Waals surface area contributed by atoms with Crippen molar-refractivity contribution in [1.82, 2.24) is 4.90 Å². The van der Waals surface area contributed by atoms with Crippen molar-refractivity contribution >= 4 is 5.69 Å². The van der Waals surface area contributed by atoms with Crippen LogP contribution in [0.3, 0.4) is 0 Å². The number of unbranched alkanes of at least 4 members (excludes halogenated alkanes) is 1. The van der Waals surface area contributed by atoms with Gasteiger partial charge in [0.25, 0.3) is 0 Å². The fourth-order valence-electron chi connectivity index (χ4n) is 4.27. The first-order valence-corrected chi connectivity index (χ1v) is 13.0. The molecule has 192 valence electrons. The van der Waals surface area contributed by atoms with Crippen LogP contribution in [0.15, 0.2) is 66.7 Å². The fraction of sp³-hybridized carbons (Fsp3) is 0.419. The Bertz CT molecular complexity index is 1140. The van der Waals surface area contributed by atoms with Crippen molar-refractivity contribution in [3.63, 3.8) is 0 Å². The first-order valence-electron chi connectivity index (χ1n) is 13.0. The monoisotopic (exact) mass is 488 g/mol. The molecular weight excluding hydrogens is 448 g/mol. The number of benzene rings is 3. The van der Waals surface area contributed by atoms with Gasteiger partial charge in [0.1, 0.15) is 29.6 Å². The van der Waals surface area contributed by atoms with Crippen LogP contribution in [-0.4, -0.2) is 38.7 Å². The summed E-state index contributed by atoms with van der Waals surface area (Å²) in [4.78, 5) is 4.46. The minimum Gasteiger partial charge on any atom is -0.492 e. The largest absolute Gasteiger partial charge is 0.492 e. The SMILES string of the molecule is CCCCN1c2cc(OCCN(C)C)ccc2OC1c1cccc(Oc2ccc(C(C)(C)C)cc2)c1. The van der Waals surface area contributed by atoms with E-state index in [4.69, 9.17) is 14.2 Å². The van der Waals surface area contributed by atoms with Crippen LogP contribution in [0.1, 0.15) is 57.9 Å². The molecule has 36 heavy (non-hydrogen) atoms. The van der Waals surface area contributed by atoms with Crippen LogP contribution in [0.5, 0.6) is 23.0 Å². The highest BCUT2D eigenvalue weighted by Gasteiger charge is 2.32. The second kappa shape index (κ2) is 11.3. The normalized spacial score (nSPS) is 15.1. The molecule has 1 unspecified atom stereocenters. The van der Waals surface area contributed by atoms with E-state index in [1.165, 1.54) is 5.56 Å². The summed E-state index contributed by atoms with van der Waals surface area (Å²) in [5.74, 6) is 3.40. The van der Waals surface area contributed by atoms with E-state index in [9.17, 15) is 0 Å². The van der Waals surface area contributed by atoms with Gasteiger partial charge >= 0.3 is 0 Å². The smallest absolute Gasteiger partial charge is 0.199 e. The van der Waals surface area contributed by atoms with Gasteiger partial charge in [-0.25, -0.2) is 0 Å². The Balaban J connectivity index is 1.53. The van der Waals surface area contributed by atoms with E-state index in [0.717, 1.165) is 60.2 Å². The van der Waals surface area contributed by atoms with Crippen LogP contribution in [0.2, 0.25) is 0 Å². The molecule has 0 saturated carbocycles. The first-order chi connectivity index (χ1) is 17.2. The molecule has 0 spiro atoms. The van der Waals surface area contributed by atoms with E-state index >= 15 is 0 Å². The van der Waals surface area contributed by atoms with Crippen molar-refractivity contribution in [2.45, 2.75) is 52.2 Å². The second-order valence-corrected chi connectivity index (χ2v) is 10.7. The zero-order valence-corrected chi connectivity index (χ0v) is 22.6. The van der Waals surface area contributed by atoms with E-state index < -0.39 is 0 Å². The summed E-state index contributed by atoms with van der Waals surface area (Å²) in [5, 5.41) is 0. The number of ether oxygens (including phenoxy) is 3. The molecule has 1 aliphatic heterocycles. The molecule has 0 saturated heterocycles. The minimum atomic E-state index is -0.199. The van der Waals surface area contributed by atoms with Gasteiger partial charge in [-0.3, -0.25) is 0 Å². The molecule has 0 fully saturated rings. The van der Waals surface area contributed by atoms with Gasteiger partial charge in [-0.2, -0.15) is 0 Å². The van der Waals surface area contributed by atoms with Crippen LogP contribution in [0.25, 0.3) is 0 Å². The van der Waals surface area contributed by atoms with Gasteiger partial charge in [0.15, 0.2) is 6.23 Å². The Morgan fingerprint density at radius 1 is 0.917 bits per heavy atom. The Morgan fingerprint density at radius 3 is 2.36 bits per heavy atom. The molecule has 0 bridgehead atoms. The maximum absolute atomic E-state index is 6.47. The van der Waals surface area contributed by atoms with Crippen molar-refractivity contribution in [3.05, 3.63) is 77.9 Å². The Kier molecular flexibility index (Phi) is 8.10. The second-order valence-electron chi connectivity index (χ2n) is 10.7. The predicted molar refractivity (Wildman–Crippen MR) is 148 cm³/mol. The number of likely N-dealkylation sites (N-methyl/N-ethyl adjacent to an activating group) is 1. The zero-order chi connectivity index (χ0) is 25.7. The summed E-state index contributed by atoms with van der Waals surface area (Å²) >= 11 is 0. The van der Waals surface area contributed by atoms with E-state index in [-0.39, 0.29) is 11.6 Å². The topological polar surface area (TPSA) is 34.2 Å². The van der Waals surface area contributed by atoms with Gasteiger partial charge in [0, 0.05) is 24.7 Å². The quantitative estimate of drug-likeness (QED) is 0.297. The van der Waals surface area contributed by atoms with Crippen molar-refractivity contribution in [3.8, 4) is 23.0 Å². The van der Waals surface area contributed by atoms with Gasteiger partial charge in [0.05, 0.1) is 5.69 Å². The first kappa shape index (κ1) is 25.9. The van der Waals surface area contributed by atoms with E-state index in [0.29, 0.717) is 6.61 Å². The van der Waals surface area contributed by atoms with E-state index in [1.54, 1.807) is 0 Å². The number of nitrogens with zero attached hydrogens (tertiary/aromatic N) is 2. The average Bonchev–Trinajstić information content (AvgIpc) is 3.20. The Morgan fingerprint density at radius 2 is 1.67 bits per heavy atom. The lowest BCUT2D eigenvalue weighted by Gasteiger charge is -2.26. The lowest BCUT2D eigenvalue weighted by atomic mass is 9.87. The van der Waals surface area contributed by atoms with Crippen molar-refractivity contribution in [1.29, 1.82) is 0 Å². The molecule has 3 aromatic rings. The molecule has 0 aromatic heterocycles. The summed E-state index contributed by atoms with van der Waals surface area (Å²) in [6.07, 6.45) is 2.00. The molecule has 5 nitrogen and oxygen atoms in total. The molecule has 3 aromatic carbocycles. The van der Waals surface area contributed by atoms with Crippen LogP contribution in [-0.2, 0) is 5.41 Å². The third-order valence-corrected chi connectivity index (χ3v) is 6.42. The summed E-state index contributed by atoms with van der Waals surface area (Å²) in [7, 11) is 4.10. The summed E-state index contributed by atoms with van der Waals surface area (Å²) in [6.45, 7) is 11.3. The van der Waals surface area contributed by atoms with Gasteiger partial charge in [-0.1, -0.05) is 58.4 Å². The molecule has 0 radical (unpaired) electrons. The molecule has 1 heterocycles. The van der Waals surface area contributed by atoms with Crippen molar-refractivity contribution in [2.75, 3.05) is 38.7 Å². The number of hydrogen-bond donors (Lipinski definition) is 0. The van der Waals surface area contributed by atoms with Crippen LogP contribution in [0.4, 0.5) is 5.69 Å². The average molecular weight is 489 g/mol. The van der Waals surface area contributed by atoms with Gasteiger partial charge in [-0.15, -0.1) is 0 Å². The molecule has 0 amide bonds. The maximum atomic E-state index is 6.47. The highest BCUT2D eigenvalue weighted by Crippen LogP contribution is 2.45. The lowest BCUT2D eigenvalue weighted by Crippen LogP contribution is -2.28. The molecule has 0 N–H and O–H groups in total. The molecule has 1 atom stereocenters. The Hall–Kier alpha value is -3.18. The summed E-state index contributed by atoms with van der Waals surface area (Å²) in [6, 6.07) is 22.7. The molecule has 5 heteroatoms. The van der Waals surface area contributed by atoms with Crippen LogP contribution in [0, 0.1) is 0 Å². The number of fused-ring (bicyclic) bond motifs is 1. The van der Waals surface area contributed by atoms with Crippen molar-refractivity contribution in [2.24, 2.45) is 0 Å². The number of anilines is 1. The highest BCUT2D eigenvalue weighted by atomic mass is 16.5. The van der Waals surface area contributed by atoms with E-state index in [1.807, 2.05) is 36.4 Å². The van der Waals surface area contributed by atoms with Crippen molar-refractivity contribution < 1.29 is 14.2 Å². The molecular formula is C31H40N2O3. The van der Waals surface area contributed by atoms with Crippen LogP contribution >= 0.6 is 0 Å².